The molecule has 1 aromatic carbocycles. The molecule has 0 N–H and O–H groups in total. The Kier molecular flexibility index (Phi) is 3.59. The van der Waals surface area contributed by atoms with E-state index in [0.29, 0.717) is 11.4 Å². The van der Waals surface area contributed by atoms with Gasteiger partial charge in [-0.1, -0.05) is 12.1 Å². The summed E-state index contributed by atoms with van der Waals surface area (Å²) in [5.41, 5.74) is 2.47. The van der Waals surface area contributed by atoms with Crippen LogP contribution in [-0.2, 0) is 12.8 Å². The number of halogens is 2. The molecule has 0 aliphatic heterocycles. The smallest absolute Gasteiger partial charge is 0.387 e. The molecule has 8 heteroatoms. The second-order valence-electron chi connectivity index (χ2n) is 6.21. The van der Waals surface area contributed by atoms with Crippen LogP contribution in [0.2, 0.25) is 0 Å². The molecule has 132 valence electrons. The number of alkyl halides is 2. The number of hydrogen-bond donors (Lipinski definition) is 0. The van der Waals surface area contributed by atoms with Crippen LogP contribution in [0.15, 0.2) is 30.6 Å². The molecular formula is C18H14F2N4OS. The van der Waals surface area contributed by atoms with Crippen molar-refractivity contribution in [2.24, 2.45) is 0 Å². The molecule has 3 heterocycles. The average Bonchev–Trinajstić information content (AvgIpc) is 3.22. The van der Waals surface area contributed by atoms with Gasteiger partial charge in [0.1, 0.15) is 16.9 Å². The summed E-state index contributed by atoms with van der Waals surface area (Å²) < 4.78 is 31.6. The van der Waals surface area contributed by atoms with Gasteiger partial charge in [0.25, 0.3) is 0 Å². The second kappa shape index (κ2) is 5.98. The first-order valence-electron chi connectivity index (χ1n) is 8.40. The molecule has 0 spiro atoms. The minimum absolute atomic E-state index is 0.0648. The molecule has 0 bridgehead atoms. The average molecular weight is 372 g/mol. The highest BCUT2D eigenvalue weighted by Gasteiger charge is 2.22. The fourth-order valence-corrected chi connectivity index (χ4v) is 4.74. The summed E-state index contributed by atoms with van der Waals surface area (Å²) in [7, 11) is 0. The largest absolute Gasteiger partial charge is 0.434 e. The van der Waals surface area contributed by atoms with Crippen molar-refractivity contribution in [2.45, 2.75) is 32.3 Å². The summed E-state index contributed by atoms with van der Waals surface area (Å²) in [6, 6.07) is 6.57. The minimum Gasteiger partial charge on any atom is -0.434 e. The zero-order chi connectivity index (χ0) is 17.7. The summed E-state index contributed by atoms with van der Waals surface area (Å²) in [6.07, 6.45) is 6.09. The highest BCUT2D eigenvalue weighted by molar-refractivity contribution is 7.19. The van der Waals surface area contributed by atoms with Crippen LogP contribution in [-0.4, -0.2) is 26.2 Å². The van der Waals surface area contributed by atoms with Crippen molar-refractivity contribution in [3.05, 3.63) is 41.0 Å². The van der Waals surface area contributed by atoms with Gasteiger partial charge in [-0.15, -0.1) is 16.4 Å². The van der Waals surface area contributed by atoms with E-state index >= 15 is 0 Å². The maximum Gasteiger partial charge on any atom is 0.387 e. The lowest BCUT2D eigenvalue weighted by molar-refractivity contribution is -0.0494. The molecular weight excluding hydrogens is 358 g/mol. The molecule has 0 radical (unpaired) electrons. The van der Waals surface area contributed by atoms with Gasteiger partial charge in [-0.25, -0.2) is 14.5 Å². The van der Waals surface area contributed by atoms with E-state index in [1.807, 2.05) is 0 Å². The monoisotopic (exact) mass is 372 g/mol. The first-order chi connectivity index (χ1) is 12.7. The number of aryl methyl sites for hydroxylation is 2. The van der Waals surface area contributed by atoms with Gasteiger partial charge < -0.3 is 4.74 Å². The lowest BCUT2D eigenvalue weighted by Crippen LogP contribution is -2.03. The fourth-order valence-electron chi connectivity index (χ4n) is 3.52. The van der Waals surface area contributed by atoms with Crippen molar-refractivity contribution in [1.82, 2.24) is 19.6 Å². The molecule has 0 fully saturated rings. The molecule has 26 heavy (non-hydrogen) atoms. The summed E-state index contributed by atoms with van der Waals surface area (Å²) in [5, 5.41) is 5.49. The Bertz CT molecular complexity index is 1120. The van der Waals surface area contributed by atoms with Gasteiger partial charge >= 0.3 is 6.61 Å². The number of benzene rings is 1. The minimum atomic E-state index is -2.90. The van der Waals surface area contributed by atoms with Gasteiger partial charge in [0.2, 0.25) is 0 Å². The quantitative estimate of drug-likeness (QED) is 0.532. The molecule has 1 aliphatic carbocycles. The van der Waals surface area contributed by atoms with Gasteiger partial charge in [0, 0.05) is 4.88 Å². The number of hydrogen-bond acceptors (Lipinski definition) is 5. The van der Waals surface area contributed by atoms with Crippen LogP contribution in [0.5, 0.6) is 5.75 Å². The van der Waals surface area contributed by atoms with Crippen LogP contribution < -0.4 is 4.74 Å². The fraction of sp³-hybridized carbons (Fsp3) is 0.278. The zero-order valence-electron chi connectivity index (χ0n) is 13.7. The number of para-hydroxylation sites is 1. The van der Waals surface area contributed by atoms with Crippen molar-refractivity contribution in [1.29, 1.82) is 0 Å². The Morgan fingerprint density at radius 2 is 2.00 bits per heavy atom. The van der Waals surface area contributed by atoms with Gasteiger partial charge in [0.05, 0.1) is 10.9 Å². The Morgan fingerprint density at radius 1 is 1.15 bits per heavy atom. The number of nitrogens with zero attached hydrogens (tertiary/aromatic N) is 4. The molecule has 0 amide bonds. The summed E-state index contributed by atoms with van der Waals surface area (Å²) in [6.45, 7) is -2.90. The molecule has 5 rings (SSSR count). The van der Waals surface area contributed by atoms with Gasteiger partial charge in [-0.05, 0) is 43.4 Å². The van der Waals surface area contributed by atoms with Crippen LogP contribution in [0.1, 0.15) is 23.3 Å². The molecule has 0 unspecified atom stereocenters. The van der Waals surface area contributed by atoms with E-state index < -0.39 is 6.61 Å². The molecule has 0 atom stereocenters. The van der Waals surface area contributed by atoms with E-state index in [0.717, 1.165) is 35.1 Å². The summed E-state index contributed by atoms with van der Waals surface area (Å²) in [5.74, 6) is 0.418. The highest BCUT2D eigenvalue weighted by Crippen LogP contribution is 2.38. The first kappa shape index (κ1) is 15.6. The third kappa shape index (κ3) is 2.44. The Labute approximate surface area is 151 Å². The predicted octanol–water partition coefficient (Wildman–Crippen LogP) is 4.49. The van der Waals surface area contributed by atoms with E-state index in [4.69, 9.17) is 0 Å². The second-order valence-corrected chi connectivity index (χ2v) is 7.30. The van der Waals surface area contributed by atoms with E-state index in [-0.39, 0.29) is 5.75 Å². The molecule has 0 saturated carbocycles. The summed E-state index contributed by atoms with van der Waals surface area (Å²) in [4.78, 5) is 11.5. The van der Waals surface area contributed by atoms with Gasteiger partial charge in [-0.2, -0.15) is 8.78 Å². The SMILES string of the molecule is FC(F)Oc1ccccc1-c1nc2c3c4c(sc3ncn2n1)CCCC4. The normalized spacial score (nSPS) is 14.3. The molecule has 3 aromatic heterocycles. The number of rotatable bonds is 3. The third-order valence-corrected chi connectivity index (χ3v) is 5.84. The molecule has 5 nitrogen and oxygen atoms in total. The maximum atomic E-state index is 12.7. The molecule has 0 saturated heterocycles. The summed E-state index contributed by atoms with van der Waals surface area (Å²) >= 11 is 1.72. The lowest BCUT2D eigenvalue weighted by Gasteiger charge is -2.09. The van der Waals surface area contributed by atoms with Crippen molar-refractivity contribution < 1.29 is 13.5 Å². The standard InChI is InChI=1S/C18H14F2N4OS/c19-18(20)25-12-7-3-1-5-10(12)15-22-16-14-11-6-2-4-8-13(11)26-17(14)21-9-24(16)23-15/h1,3,5,7,9,18H,2,4,6,8H2. The Morgan fingerprint density at radius 3 is 2.88 bits per heavy atom. The number of fused-ring (bicyclic) bond motifs is 5. The van der Waals surface area contributed by atoms with E-state index in [9.17, 15) is 8.78 Å². The predicted molar refractivity (Wildman–Crippen MR) is 94.9 cm³/mol. The van der Waals surface area contributed by atoms with Crippen molar-refractivity contribution in [2.75, 3.05) is 0 Å². The van der Waals surface area contributed by atoms with E-state index in [2.05, 4.69) is 19.8 Å². The highest BCUT2D eigenvalue weighted by atomic mass is 32.1. The Hall–Kier alpha value is -2.61. The third-order valence-electron chi connectivity index (χ3n) is 4.64. The van der Waals surface area contributed by atoms with Gasteiger partial charge in [0.15, 0.2) is 11.5 Å². The van der Waals surface area contributed by atoms with Crippen LogP contribution in [0, 0.1) is 0 Å². The number of aromatic nitrogens is 4. The van der Waals surface area contributed by atoms with Crippen molar-refractivity contribution in [3.63, 3.8) is 0 Å². The van der Waals surface area contributed by atoms with Gasteiger partial charge in [-0.3, -0.25) is 0 Å². The number of thiophene rings is 1. The van der Waals surface area contributed by atoms with E-state index in [1.54, 1.807) is 40.4 Å². The molecule has 1 aliphatic rings. The first-order valence-corrected chi connectivity index (χ1v) is 9.22. The van der Waals surface area contributed by atoms with Crippen molar-refractivity contribution in [3.8, 4) is 17.1 Å². The van der Waals surface area contributed by atoms with E-state index in [1.165, 1.54) is 22.9 Å². The molecule has 4 aromatic rings. The van der Waals surface area contributed by atoms with Crippen LogP contribution in [0.4, 0.5) is 8.78 Å². The lowest BCUT2D eigenvalue weighted by atomic mass is 9.97. The van der Waals surface area contributed by atoms with Crippen molar-refractivity contribution >= 4 is 27.2 Å². The van der Waals surface area contributed by atoms with Crippen LogP contribution in [0.3, 0.4) is 0 Å². The maximum absolute atomic E-state index is 12.7. The number of ether oxygens (including phenoxy) is 1. The topological polar surface area (TPSA) is 52.3 Å². The van der Waals surface area contributed by atoms with Crippen LogP contribution >= 0.6 is 11.3 Å². The zero-order valence-corrected chi connectivity index (χ0v) is 14.5. The Balaban J connectivity index is 1.72. The van der Waals surface area contributed by atoms with Crippen LogP contribution in [0.25, 0.3) is 27.3 Å².